The van der Waals surface area contributed by atoms with E-state index in [0.29, 0.717) is 11.6 Å². The molecule has 1 aliphatic heterocycles. The average Bonchev–Trinajstić information content (AvgIpc) is 2.67. The Morgan fingerprint density at radius 2 is 1.96 bits per heavy atom. The molecule has 26 heavy (non-hydrogen) atoms. The third-order valence-corrected chi connectivity index (χ3v) is 4.84. The number of carbonyl (C=O) groups excluding carboxylic acids is 1. The molecule has 2 aromatic carbocycles. The van der Waals surface area contributed by atoms with E-state index in [1.807, 2.05) is 42.5 Å². The first-order chi connectivity index (χ1) is 12.6. The molecule has 1 N–H and O–H groups in total. The molecule has 0 radical (unpaired) electrons. The fourth-order valence-corrected chi connectivity index (χ4v) is 3.63. The van der Waals surface area contributed by atoms with E-state index in [9.17, 15) is 9.59 Å². The summed E-state index contributed by atoms with van der Waals surface area (Å²) < 4.78 is 0. The number of aromatic amines is 1. The number of nitrogens with one attached hydrogen (secondary N) is 1. The number of rotatable bonds is 2. The molecule has 6 heteroatoms. The first kappa shape index (κ1) is 16.5. The quantitative estimate of drug-likeness (QED) is 0.758. The number of carbonyl (C=O) groups is 1. The van der Waals surface area contributed by atoms with Crippen molar-refractivity contribution < 1.29 is 4.79 Å². The smallest absolute Gasteiger partial charge is 0.275 e. The van der Waals surface area contributed by atoms with Crippen molar-refractivity contribution in [1.29, 1.82) is 0 Å². The Morgan fingerprint density at radius 3 is 2.73 bits per heavy atom. The molecule has 2 heterocycles. The molecule has 5 nitrogen and oxygen atoms in total. The number of fused-ring (bicyclic) bond motifs is 1. The van der Waals surface area contributed by atoms with Crippen LogP contribution in [0.3, 0.4) is 0 Å². The van der Waals surface area contributed by atoms with Crippen molar-refractivity contribution in [3.05, 3.63) is 98.4 Å². The monoisotopic (exact) mass is 365 g/mol. The molecule has 0 saturated heterocycles. The van der Waals surface area contributed by atoms with Gasteiger partial charge in [0.15, 0.2) is 0 Å². The number of halogens is 1. The maximum Gasteiger partial charge on any atom is 0.275 e. The van der Waals surface area contributed by atoms with Crippen LogP contribution in [0.15, 0.2) is 65.5 Å². The first-order valence-electron chi connectivity index (χ1n) is 8.33. The number of amides is 1. The number of hydrogen-bond donors (Lipinski definition) is 1. The second-order valence-electron chi connectivity index (χ2n) is 6.21. The van der Waals surface area contributed by atoms with Crippen LogP contribution in [-0.4, -0.2) is 27.5 Å². The van der Waals surface area contributed by atoms with Crippen molar-refractivity contribution in [2.75, 3.05) is 6.54 Å². The fourth-order valence-electron chi connectivity index (χ4n) is 3.43. The first-order valence-corrected chi connectivity index (χ1v) is 8.71. The van der Waals surface area contributed by atoms with Crippen LogP contribution >= 0.6 is 11.6 Å². The predicted molar refractivity (Wildman–Crippen MR) is 99.3 cm³/mol. The standard InChI is InChI=1S/C20H16ClN3O2/c21-15-6-3-5-14(12-15)19-16-7-2-1-4-13(16)10-11-24(19)20(26)17-8-9-18(25)23-22-17/h1-9,12,19H,10-11H2,(H,23,25). The number of benzene rings is 2. The van der Waals surface area contributed by atoms with Gasteiger partial charge in [-0.15, -0.1) is 0 Å². The number of aromatic nitrogens is 2. The van der Waals surface area contributed by atoms with Gasteiger partial charge in [0.25, 0.3) is 11.5 Å². The van der Waals surface area contributed by atoms with E-state index < -0.39 is 0 Å². The largest absolute Gasteiger partial charge is 0.326 e. The van der Waals surface area contributed by atoms with Crippen molar-refractivity contribution in [3.8, 4) is 0 Å². The highest BCUT2D eigenvalue weighted by Gasteiger charge is 2.33. The highest BCUT2D eigenvalue weighted by molar-refractivity contribution is 6.30. The zero-order chi connectivity index (χ0) is 18.1. The van der Waals surface area contributed by atoms with Gasteiger partial charge in [0.1, 0.15) is 5.69 Å². The lowest BCUT2D eigenvalue weighted by atomic mass is 9.88. The summed E-state index contributed by atoms with van der Waals surface area (Å²) in [5.41, 5.74) is 3.13. The number of hydrogen-bond acceptors (Lipinski definition) is 3. The van der Waals surface area contributed by atoms with Crippen LogP contribution in [0, 0.1) is 0 Å². The Hall–Kier alpha value is -2.92. The summed E-state index contributed by atoms with van der Waals surface area (Å²) >= 11 is 6.20. The topological polar surface area (TPSA) is 66.1 Å². The molecule has 1 aliphatic rings. The highest BCUT2D eigenvalue weighted by atomic mass is 35.5. The molecule has 0 saturated carbocycles. The van der Waals surface area contributed by atoms with E-state index in [0.717, 1.165) is 17.5 Å². The molecule has 1 amide bonds. The molecule has 0 aliphatic carbocycles. The van der Waals surface area contributed by atoms with Crippen LogP contribution in [0.25, 0.3) is 0 Å². The Labute approximate surface area is 155 Å². The van der Waals surface area contributed by atoms with Crippen molar-refractivity contribution in [2.24, 2.45) is 0 Å². The van der Waals surface area contributed by atoms with E-state index in [1.165, 1.54) is 17.7 Å². The fraction of sp³-hybridized carbons (Fsp3) is 0.150. The molecular weight excluding hydrogens is 350 g/mol. The summed E-state index contributed by atoms with van der Waals surface area (Å²) in [6, 6.07) is 18.2. The Kier molecular flexibility index (Phi) is 4.31. The van der Waals surface area contributed by atoms with Gasteiger partial charge in [0.2, 0.25) is 0 Å². The summed E-state index contributed by atoms with van der Waals surface area (Å²) in [4.78, 5) is 26.1. The van der Waals surface area contributed by atoms with Crippen LogP contribution in [0.5, 0.6) is 0 Å². The van der Waals surface area contributed by atoms with Gasteiger partial charge in [-0.3, -0.25) is 9.59 Å². The van der Waals surface area contributed by atoms with Gasteiger partial charge in [-0.2, -0.15) is 5.10 Å². The summed E-state index contributed by atoms with van der Waals surface area (Å²) in [5.74, 6) is -0.222. The molecule has 1 aromatic heterocycles. The maximum atomic E-state index is 13.1. The molecular formula is C20H16ClN3O2. The van der Waals surface area contributed by atoms with Gasteiger partial charge < -0.3 is 4.90 Å². The van der Waals surface area contributed by atoms with Crippen molar-refractivity contribution >= 4 is 17.5 Å². The molecule has 4 rings (SSSR count). The van der Waals surface area contributed by atoms with E-state index in [2.05, 4.69) is 16.3 Å². The SMILES string of the molecule is O=C(c1ccc(=O)[nH]n1)N1CCc2ccccc2C1c1cccc(Cl)c1. The number of nitrogens with zero attached hydrogens (tertiary/aromatic N) is 2. The maximum absolute atomic E-state index is 13.1. The van der Waals surface area contributed by atoms with Crippen molar-refractivity contribution in [2.45, 2.75) is 12.5 Å². The third kappa shape index (κ3) is 3.02. The lowest BCUT2D eigenvalue weighted by Gasteiger charge is -2.37. The van der Waals surface area contributed by atoms with Crippen LogP contribution in [0.4, 0.5) is 0 Å². The van der Waals surface area contributed by atoms with Gasteiger partial charge in [-0.25, -0.2) is 5.10 Å². The molecule has 0 bridgehead atoms. The Morgan fingerprint density at radius 1 is 1.12 bits per heavy atom. The van der Waals surface area contributed by atoms with Crippen LogP contribution < -0.4 is 5.56 Å². The molecule has 0 fully saturated rings. The Bertz CT molecular complexity index is 1010. The number of H-pyrrole nitrogens is 1. The predicted octanol–water partition coefficient (Wildman–Crippen LogP) is 3.21. The van der Waals surface area contributed by atoms with Crippen LogP contribution in [-0.2, 0) is 6.42 Å². The zero-order valence-electron chi connectivity index (χ0n) is 13.9. The Balaban J connectivity index is 1.81. The van der Waals surface area contributed by atoms with Gasteiger partial charge in [0.05, 0.1) is 6.04 Å². The van der Waals surface area contributed by atoms with Crippen LogP contribution in [0.2, 0.25) is 5.02 Å². The summed E-state index contributed by atoms with van der Waals surface area (Å²) in [7, 11) is 0. The molecule has 1 unspecified atom stereocenters. The molecule has 130 valence electrons. The lowest BCUT2D eigenvalue weighted by molar-refractivity contribution is 0.0687. The van der Waals surface area contributed by atoms with Crippen molar-refractivity contribution in [3.63, 3.8) is 0 Å². The second kappa shape index (κ2) is 6.77. The average molecular weight is 366 g/mol. The van der Waals surface area contributed by atoms with Gasteiger partial charge >= 0.3 is 0 Å². The van der Waals surface area contributed by atoms with Gasteiger partial charge in [-0.1, -0.05) is 48.0 Å². The van der Waals surface area contributed by atoms with E-state index >= 15 is 0 Å². The zero-order valence-corrected chi connectivity index (χ0v) is 14.6. The normalized spacial score (nSPS) is 16.2. The third-order valence-electron chi connectivity index (χ3n) is 4.61. The van der Waals surface area contributed by atoms with E-state index in [1.54, 1.807) is 4.90 Å². The minimum absolute atomic E-state index is 0.219. The van der Waals surface area contributed by atoms with Crippen molar-refractivity contribution in [1.82, 2.24) is 15.1 Å². The van der Waals surface area contributed by atoms with E-state index in [4.69, 9.17) is 11.6 Å². The molecule has 1 atom stereocenters. The second-order valence-corrected chi connectivity index (χ2v) is 6.65. The van der Waals surface area contributed by atoms with Gasteiger partial charge in [0, 0.05) is 17.6 Å². The molecule has 0 spiro atoms. The van der Waals surface area contributed by atoms with Crippen LogP contribution in [0.1, 0.15) is 33.2 Å². The highest BCUT2D eigenvalue weighted by Crippen LogP contribution is 2.36. The van der Waals surface area contributed by atoms with E-state index in [-0.39, 0.29) is 23.2 Å². The lowest BCUT2D eigenvalue weighted by Crippen LogP contribution is -2.41. The minimum atomic E-state index is -0.336. The summed E-state index contributed by atoms with van der Waals surface area (Å²) in [5, 5.41) is 6.85. The minimum Gasteiger partial charge on any atom is -0.326 e. The molecule has 3 aromatic rings. The summed E-state index contributed by atoms with van der Waals surface area (Å²) in [6.45, 7) is 0.563. The van der Waals surface area contributed by atoms with Gasteiger partial charge in [-0.05, 0) is 41.3 Å². The summed E-state index contributed by atoms with van der Waals surface area (Å²) in [6.07, 6.45) is 0.766.